The van der Waals surface area contributed by atoms with E-state index in [1.54, 1.807) is 13.0 Å². The van der Waals surface area contributed by atoms with Crippen LogP contribution < -0.4 is 5.56 Å². The number of rotatable bonds is 1. The van der Waals surface area contributed by atoms with Gasteiger partial charge in [-0.1, -0.05) is 0 Å². The molecule has 1 aromatic heterocycles. The highest BCUT2D eigenvalue weighted by molar-refractivity contribution is 5.63. The van der Waals surface area contributed by atoms with Crippen LogP contribution in [-0.4, -0.2) is 4.98 Å². The van der Waals surface area contributed by atoms with Gasteiger partial charge in [0.2, 0.25) is 0 Å². The summed E-state index contributed by atoms with van der Waals surface area (Å²) >= 11 is 0. The van der Waals surface area contributed by atoms with E-state index in [1.807, 2.05) is 0 Å². The Balaban J connectivity index is 2.58. The third-order valence-electron chi connectivity index (χ3n) is 2.28. The van der Waals surface area contributed by atoms with Crippen molar-refractivity contribution in [1.82, 2.24) is 4.98 Å². The van der Waals surface area contributed by atoms with Crippen LogP contribution in [-0.2, 0) is 0 Å². The van der Waals surface area contributed by atoms with Crippen LogP contribution in [0.25, 0.3) is 11.1 Å². The summed E-state index contributed by atoms with van der Waals surface area (Å²) in [7, 11) is 0. The molecular weight excluding hydrogens is 212 g/mol. The molecule has 2 nitrogen and oxygen atoms in total. The zero-order valence-corrected chi connectivity index (χ0v) is 8.55. The molecular formula is C12H9F2NO. The highest BCUT2D eigenvalue weighted by Crippen LogP contribution is 2.20. The van der Waals surface area contributed by atoms with Crippen molar-refractivity contribution in [3.05, 3.63) is 58.0 Å². The number of benzene rings is 1. The molecule has 0 aliphatic heterocycles. The number of aromatic amines is 1. The fourth-order valence-electron chi connectivity index (χ4n) is 1.48. The van der Waals surface area contributed by atoms with E-state index in [0.717, 1.165) is 6.07 Å². The molecule has 0 saturated carbocycles. The second-order valence-electron chi connectivity index (χ2n) is 3.56. The Hall–Kier alpha value is -1.97. The third-order valence-corrected chi connectivity index (χ3v) is 2.28. The lowest BCUT2D eigenvalue weighted by atomic mass is 10.1. The maximum absolute atomic E-state index is 13.0. The van der Waals surface area contributed by atoms with Gasteiger partial charge in [0.1, 0.15) is 11.6 Å². The number of hydrogen-bond acceptors (Lipinski definition) is 1. The summed E-state index contributed by atoms with van der Waals surface area (Å²) in [5.74, 6) is -1.28. The van der Waals surface area contributed by atoms with Crippen molar-refractivity contribution in [2.24, 2.45) is 0 Å². The molecule has 0 radical (unpaired) electrons. The van der Waals surface area contributed by atoms with Crippen LogP contribution in [0.15, 0.2) is 35.3 Å². The molecule has 1 aromatic carbocycles. The zero-order chi connectivity index (χ0) is 11.7. The van der Waals surface area contributed by atoms with Crippen LogP contribution in [0.5, 0.6) is 0 Å². The van der Waals surface area contributed by atoms with Crippen molar-refractivity contribution in [2.75, 3.05) is 0 Å². The van der Waals surface area contributed by atoms with Crippen molar-refractivity contribution in [1.29, 1.82) is 0 Å². The first-order valence-corrected chi connectivity index (χ1v) is 4.72. The average Bonchev–Trinajstić information content (AvgIpc) is 2.20. The molecule has 0 aliphatic carbocycles. The monoisotopic (exact) mass is 221 g/mol. The van der Waals surface area contributed by atoms with Crippen LogP contribution in [0.2, 0.25) is 0 Å². The Kier molecular flexibility index (Phi) is 2.56. The van der Waals surface area contributed by atoms with Gasteiger partial charge in [-0.25, -0.2) is 8.78 Å². The lowest BCUT2D eigenvalue weighted by Crippen LogP contribution is -2.07. The quantitative estimate of drug-likeness (QED) is 0.788. The molecule has 0 unspecified atom stereocenters. The maximum Gasteiger partial charge on any atom is 0.250 e. The SMILES string of the molecule is Cc1cc(-c2cc(F)cc(F)c2)c[nH]c1=O. The molecule has 2 aromatic rings. The number of aryl methyl sites for hydroxylation is 1. The molecule has 4 heteroatoms. The number of hydrogen-bond donors (Lipinski definition) is 1. The molecule has 0 amide bonds. The summed E-state index contributed by atoms with van der Waals surface area (Å²) in [6.45, 7) is 1.64. The smallest absolute Gasteiger partial charge is 0.250 e. The van der Waals surface area contributed by atoms with E-state index in [0.29, 0.717) is 16.7 Å². The standard InChI is InChI=1S/C12H9F2NO/c1-7-2-9(6-15-12(7)16)8-3-10(13)5-11(14)4-8/h2-6H,1H3,(H,15,16). The van der Waals surface area contributed by atoms with Crippen LogP contribution in [0.3, 0.4) is 0 Å². The van der Waals surface area contributed by atoms with Gasteiger partial charge in [-0.3, -0.25) is 4.79 Å². The van der Waals surface area contributed by atoms with E-state index in [-0.39, 0.29) is 5.56 Å². The van der Waals surface area contributed by atoms with Crippen LogP contribution in [0.1, 0.15) is 5.56 Å². The van der Waals surface area contributed by atoms with Gasteiger partial charge in [0.25, 0.3) is 5.56 Å². The zero-order valence-electron chi connectivity index (χ0n) is 8.55. The molecule has 82 valence electrons. The molecule has 16 heavy (non-hydrogen) atoms. The minimum Gasteiger partial charge on any atom is -0.328 e. The van der Waals surface area contributed by atoms with E-state index in [9.17, 15) is 13.6 Å². The Morgan fingerprint density at radius 1 is 1.00 bits per heavy atom. The lowest BCUT2D eigenvalue weighted by molar-refractivity contribution is 0.584. The summed E-state index contributed by atoms with van der Waals surface area (Å²) in [4.78, 5) is 13.6. The normalized spacial score (nSPS) is 10.4. The van der Waals surface area contributed by atoms with Crippen molar-refractivity contribution in [3.8, 4) is 11.1 Å². The fraction of sp³-hybridized carbons (Fsp3) is 0.0833. The first-order chi connectivity index (χ1) is 7.56. The summed E-state index contributed by atoms with van der Waals surface area (Å²) in [5.41, 5.74) is 1.27. The Morgan fingerprint density at radius 2 is 1.62 bits per heavy atom. The van der Waals surface area contributed by atoms with Gasteiger partial charge in [-0.15, -0.1) is 0 Å². The number of pyridine rings is 1. The topological polar surface area (TPSA) is 32.9 Å². The number of nitrogens with one attached hydrogen (secondary N) is 1. The largest absolute Gasteiger partial charge is 0.328 e. The highest BCUT2D eigenvalue weighted by atomic mass is 19.1. The fourth-order valence-corrected chi connectivity index (χ4v) is 1.48. The molecule has 0 spiro atoms. The van der Waals surface area contributed by atoms with E-state index >= 15 is 0 Å². The summed E-state index contributed by atoms with van der Waals surface area (Å²) in [6.07, 6.45) is 1.43. The second kappa shape index (κ2) is 3.89. The molecule has 0 fully saturated rings. The summed E-state index contributed by atoms with van der Waals surface area (Å²) in [5, 5.41) is 0. The third kappa shape index (κ3) is 2.00. The van der Waals surface area contributed by atoms with E-state index in [4.69, 9.17) is 0 Å². The van der Waals surface area contributed by atoms with Crippen molar-refractivity contribution in [3.63, 3.8) is 0 Å². The number of aromatic nitrogens is 1. The molecule has 0 saturated heterocycles. The summed E-state index contributed by atoms with van der Waals surface area (Å²) < 4.78 is 26.0. The Morgan fingerprint density at radius 3 is 2.19 bits per heavy atom. The number of H-pyrrole nitrogens is 1. The van der Waals surface area contributed by atoms with Gasteiger partial charge in [-0.2, -0.15) is 0 Å². The van der Waals surface area contributed by atoms with Gasteiger partial charge >= 0.3 is 0 Å². The second-order valence-corrected chi connectivity index (χ2v) is 3.56. The van der Waals surface area contributed by atoms with E-state index in [1.165, 1.54) is 18.3 Å². The van der Waals surface area contributed by atoms with Crippen molar-refractivity contribution < 1.29 is 8.78 Å². The molecule has 1 N–H and O–H groups in total. The van der Waals surface area contributed by atoms with Gasteiger partial charge in [0, 0.05) is 17.8 Å². The van der Waals surface area contributed by atoms with Crippen LogP contribution in [0, 0.1) is 18.6 Å². The van der Waals surface area contributed by atoms with Gasteiger partial charge < -0.3 is 4.98 Å². The van der Waals surface area contributed by atoms with Gasteiger partial charge in [-0.05, 0) is 36.2 Å². The van der Waals surface area contributed by atoms with Crippen molar-refractivity contribution in [2.45, 2.75) is 6.92 Å². The number of halogens is 2. The van der Waals surface area contributed by atoms with Gasteiger partial charge in [0.05, 0.1) is 0 Å². The summed E-state index contributed by atoms with van der Waals surface area (Å²) in [6, 6.07) is 4.83. The molecule has 0 bridgehead atoms. The minimum atomic E-state index is -0.640. The van der Waals surface area contributed by atoms with Crippen molar-refractivity contribution >= 4 is 0 Å². The first kappa shape index (κ1) is 10.5. The molecule has 2 rings (SSSR count). The molecule has 0 atom stereocenters. The van der Waals surface area contributed by atoms with E-state index in [2.05, 4.69) is 4.98 Å². The minimum absolute atomic E-state index is 0.208. The lowest BCUT2D eigenvalue weighted by Gasteiger charge is -2.03. The Labute approximate surface area is 90.6 Å². The first-order valence-electron chi connectivity index (χ1n) is 4.72. The molecule has 1 heterocycles. The van der Waals surface area contributed by atoms with E-state index < -0.39 is 11.6 Å². The predicted octanol–water partition coefficient (Wildman–Crippen LogP) is 2.63. The van der Waals surface area contributed by atoms with Gasteiger partial charge in [0.15, 0.2) is 0 Å². The maximum atomic E-state index is 13.0. The highest BCUT2D eigenvalue weighted by Gasteiger charge is 2.04. The van der Waals surface area contributed by atoms with Crippen LogP contribution in [0.4, 0.5) is 8.78 Å². The molecule has 0 aliphatic rings. The Bertz CT molecular complexity index is 570. The predicted molar refractivity (Wildman–Crippen MR) is 57.2 cm³/mol. The average molecular weight is 221 g/mol. The van der Waals surface area contributed by atoms with Crippen LogP contribution >= 0.6 is 0 Å².